The predicted molar refractivity (Wildman–Crippen MR) is 83.9 cm³/mol. The normalized spacial score (nSPS) is 12.3. The Balaban J connectivity index is 2.28. The summed E-state index contributed by atoms with van der Waals surface area (Å²) in [6.07, 6.45) is 3.32. The molecule has 0 aliphatic carbocycles. The molecule has 7 nitrogen and oxygen atoms in total. The monoisotopic (exact) mass is 325 g/mol. The van der Waals surface area contributed by atoms with Crippen molar-refractivity contribution in [3.8, 4) is 0 Å². The maximum absolute atomic E-state index is 12.7. The number of hydrogen-bond acceptors (Lipinski definition) is 4. The SMILES string of the molecule is CCn1cc(S(=O)(=O)N(C)Cc2cnn(CC)c2C)c(C)n1. The molecule has 2 heterocycles. The molecule has 0 unspecified atom stereocenters. The van der Waals surface area contributed by atoms with Crippen LogP contribution in [0.3, 0.4) is 0 Å². The van der Waals surface area contributed by atoms with Crippen LogP contribution in [0, 0.1) is 13.8 Å². The van der Waals surface area contributed by atoms with E-state index >= 15 is 0 Å². The van der Waals surface area contributed by atoms with Gasteiger partial charge in [0.1, 0.15) is 4.90 Å². The van der Waals surface area contributed by atoms with Crippen molar-refractivity contribution in [3.05, 3.63) is 29.3 Å². The van der Waals surface area contributed by atoms with Gasteiger partial charge in [-0.25, -0.2) is 8.42 Å². The van der Waals surface area contributed by atoms with Crippen LogP contribution in [-0.4, -0.2) is 39.3 Å². The quantitative estimate of drug-likeness (QED) is 0.808. The number of rotatable bonds is 6. The van der Waals surface area contributed by atoms with Crippen LogP contribution >= 0.6 is 0 Å². The molecule has 0 atom stereocenters. The third-order valence-corrected chi connectivity index (χ3v) is 5.72. The van der Waals surface area contributed by atoms with Gasteiger partial charge in [-0.15, -0.1) is 0 Å². The lowest BCUT2D eigenvalue weighted by Crippen LogP contribution is -2.27. The zero-order valence-corrected chi connectivity index (χ0v) is 14.6. The van der Waals surface area contributed by atoms with Crippen LogP contribution < -0.4 is 0 Å². The van der Waals surface area contributed by atoms with Gasteiger partial charge in [0, 0.05) is 44.1 Å². The van der Waals surface area contributed by atoms with Gasteiger partial charge in [-0.3, -0.25) is 9.36 Å². The van der Waals surface area contributed by atoms with Crippen LogP contribution in [0.25, 0.3) is 0 Å². The lowest BCUT2D eigenvalue weighted by Gasteiger charge is -2.16. The molecule has 0 radical (unpaired) electrons. The smallest absolute Gasteiger partial charge is 0.246 e. The summed E-state index contributed by atoms with van der Waals surface area (Å²) in [5.74, 6) is 0. The highest BCUT2D eigenvalue weighted by Crippen LogP contribution is 2.20. The molecule has 0 saturated carbocycles. The molecule has 122 valence electrons. The molecule has 0 spiro atoms. The molecule has 0 aliphatic heterocycles. The third-order valence-electron chi connectivity index (χ3n) is 3.81. The van der Waals surface area contributed by atoms with Crippen LogP contribution in [0.5, 0.6) is 0 Å². The van der Waals surface area contributed by atoms with E-state index in [4.69, 9.17) is 0 Å². The third kappa shape index (κ3) is 2.93. The van der Waals surface area contributed by atoms with Crippen molar-refractivity contribution < 1.29 is 8.42 Å². The first-order valence-electron chi connectivity index (χ1n) is 7.32. The molecule has 0 fully saturated rings. The minimum atomic E-state index is -3.56. The van der Waals surface area contributed by atoms with Gasteiger partial charge in [0.2, 0.25) is 10.0 Å². The van der Waals surface area contributed by atoms with Crippen LogP contribution in [0.1, 0.15) is 30.8 Å². The van der Waals surface area contributed by atoms with Crippen LogP contribution in [0.15, 0.2) is 17.3 Å². The Hall–Kier alpha value is -1.67. The molecule has 0 bridgehead atoms. The zero-order chi connectivity index (χ0) is 16.5. The van der Waals surface area contributed by atoms with Gasteiger partial charge in [0.25, 0.3) is 0 Å². The van der Waals surface area contributed by atoms with E-state index in [1.807, 2.05) is 25.5 Å². The maximum atomic E-state index is 12.7. The van der Waals surface area contributed by atoms with E-state index in [-0.39, 0.29) is 4.90 Å². The highest BCUT2D eigenvalue weighted by Gasteiger charge is 2.26. The summed E-state index contributed by atoms with van der Waals surface area (Å²) >= 11 is 0. The average Bonchev–Trinajstić information content (AvgIpc) is 3.03. The Morgan fingerprint density at radius 2 is 1.91 bits per heavy atom. The molecule has 0 aromatic carbocycles. The van der Waals surface area contributed by atoms with Crippen molar-refractivity contribution >= 4 is 10.0 Å². The molecular weight excluding hydrogens is 302 g/mol. The zero-order valence-electron chi connectivity index (χ0n) is 13.7. The first-order valence-corrected chi connectivity index (χ1v) is 8.76. The molecule has 2 aromatic rings. The van der Waals surface area contributed by atoms with Crippen molar-refractivity contribution in [1.82, 2.24) is 23.9 Å². The molecule has 22 heavy (non-hydrogen) atoms. The van der Waals surface area contributed by atoms with Gasteiger partial charge in [-0.1, -0.05) is 0 Å². The second-order valence-corrected chi connectivity index (χ2v) is 7.28. The lowest BCUT2D eigenvalue weighted by molar-refractivity contribution is 0.465. The summed E-state index contributed by atoms with van der Waals surface area (Å²) in [5, 5.41) is 8.47. The van der Waals surface area contributed by atoms with Crippen molar-refractivity contribution in [2.75, 3.05) is 7.05 Å². The van der Waals surface area contributed by atoms with Gasteiger partial charge < -0.3 is 0 Å². The van der Waals surface area contributed by atoms with Gasteiger partial charge in [-0.05, 0) is 27.7 Å². The summed E-state index contributed by atoms with van der Waals surface area (Å²) in [7, 11) is -1.97. The number of hydrogen-bond donors (Lipinski definition) is 0. The fraction of sp³-hybridized carbons (Fsp3) is 0.571. The van der Waals surface area contributed by atoms with E-state index in [2.05, 4.69) is 10.2 Å². The standard InChI is InChI=1S/C14H23N5O2S/c1-6-18-10-14(11(3)16-18)22(20,21)17(5)9-13-8-15-19(7-2)12(13)4/h8,10H,6-7,9H2,1-5H3. The van der Waals surface area contributed by atoms with Gasteiger partial charge in [0.15, 0.2) is 0 Å². The van der Waals surface area contributed by atoms with Crippen LogP contribution in [0.4, 0.5) is 0 Å². The van der Waals surface area contributed by atoms with E-state index in [0.29, 0.717) is 18.8 Å². The van der Waals surface area contributed by atoms with Crippen LogP contribution in [0.2, 0.25) is 0 Å². The summed E-state index contributed by atoms with van der Waals surface area (Å²) < 4.78 is 30.3. The average molecular weight is 325 g/mol. The minimum Gasteiger partial charge on any atom is -0.271 e. The van der Waals surface area contributed by atoms with Crippen molar-refractivity contribution in [1.29, 1.82) is 0 Å². The molecule has 0 amide bonds. The second-order valence-electron chi connectivity index (χ2n) is 5.27. The summed E-state index contributed by atoms with van der Waals surface area (Å²) in [6, 6.07) is 0. The van der Waals surface area contributed by atoms with Crippen molar-refractivity contribution in [2.45, 2.75) is 52.2 Å². The molecule has 2 rings (SSSR count). The Bertz CT molecular complexity index is 760. The molecular formula is C14H23N5O2S. The summed E-state index contributed by atoms with van der Waals surface area (Å²) in [4.78, 5) is 0.261. The lowest BCUT2D eigenvalue weighted by atomic mass is 10.2. The Morgan fingerprint density at radius 1 is 1.23 bits per heavy atom. The first-order chi connectivity index (χ1) is 10.3. The molecule has 0 aliphatic rings. The van der Waals surface area contributed by atoms with Gasteiger partial charge in [0.05, 0.1) is 11.9 Å². The number of nitrogens with zero attached hydrogens (tertiary/aromatic N) is 5. The van der Waals surface area contributed by atoms with Crippen molar-refractivity contribution in [2.24, 2.45) is 0 Å². The molecule has 8 heteroatoms. The van der Waals surface area contributed by atoms with Gasteiger partial charge >= 0.3 is 0 Å². The number of aryl methyl sites for hydroxylation is 3. The fourth-order valence-corrected chi connectivity index (χ4v) is 3.68. The number of aromatic nitrogens is 4. The Labute approximate surface area is 131 Å². The first kappa shape index (κ1) is 16.7. The Kier molecular flexibility index (Phi) is 4.72. The van der Waals surface area contributed by atoms with E-state index < -0.39 is 10.0 Å². The highest BCUT2D eigenvalue weighted by atomic mass is 32.2. The van der Waals surface area contributed by atoms with E-state index in [9.17, 15) is 8.42 Å². The summed E-state index contributed by atoms with van der Waals surface area (Å²) in [5.41, 5.74) is 2.42. The second kappa shape index (κ2) is 6.21. The molecule has 2 aromatic heterocycles. The topological polar surface area (TPSA) is 73.0 Å². The highest BCUT2D eigenvalue weighted by molar-refractivity contribution is 7.89. The largest absolute Gasteiger partial charge is 0.271 e. The van der Waals surface area contributed by atoms with Crippen LogP contribution in [-0.2, 0) is 29.7 Å². The van der Waals surface area contributed by atoms with E-state index in [0.717, 1.165) is 17.8 Å². The minimum absolute atomic E-state index is 0.261. The fourth-order valence-electron chi connectivity index (χ4n) is 2.37. The molecule has 0 saturated heterocycles. The summed E-state index contributed by atoms with van der Waals surface area (Å²) in [6.45, 7) is 9.31. The predicted octanol–water partition coefficient (Wildman–Crippen LogP) is 1.56. The van der Waals surface area contributed by atoms with E-state index in [1.54, 1.807) is 31.0 Å². The number of sulfonamides is 1. The van der Waals surface area contributed by atoms with E-state index in [1.165, 1.54) is 4.31 Å². The van der Waals surface area contributed by atoms with Crippen molar-refractivity contribution in [3.63, 3.8) is 0 Å². The maximum Gasteiger partial charge on any atom is 0.246 e. The molecule has 0 N–H and O–H groups in total. The Morgan fingerprint density at radius 3 is 2.41 bits per heavy atom. The van der Waals surface area contributed by atoms with Gasteiger partial charge in [-0.2, -0.15) is 14.5 Å².